The SMILES string of the molecule is CCN(CC)S(=O)(=O)c1ccc(OC)c(NC(=O)c2ccc(NC)c([N+](=O)[O-])c2)c1. The first-order valence-electron chi connectivity index (χ1n) is 9.15. The molecule has 0 atom stereocenters. The minimum absolute atomic E-state index is 0.00110. The normalized spacial score (nSPS) is 11.2. The summed E-state index contributed by atoms with van der Waals surface area (Å²) in [5, 5.41) is 16.5. The lowest BCUT2D eigenvalue weighted by atomic mass is 10.1. The number of benzene rings is 2. The summed E-state index contributed by atoms with van der Waals surface area (Å²) in [6.07, 6.45) is 0. The molecule has 162 valence electrons. The van der Waals surface area contributed by atoms with Crippen LogP contribution >= 0.6 is 0 Å². The Kier molecular flexibility index (Phi) is 7.35. The van der Waals surface area contributed by atoms with Gasteiger partial charge in [0.05, 0.1) is 22.6 Å². The number of hydrogen-bond donors (Lipinski definition) is 2. The van der Waals surface area contributed by atoms with Crippen LogP contribution in [0.5, 0.6) is 5.75 Å². The van der Waals surface area contributed by atoms with Crippen LogP contribution in [0.25, 0.3) is 0 Å². The van der Waals surface area contributed by atoms with Crippen LogP contribution in [-0.2, 0) is 10.0 Å². The van der Waals surface area contributed by atoms with Crippen LogP contribution in [0.2, 0.25) is 0 Å². The number of anilines is 2. The topological polar surface area (TPSA) is 131 Å². The average Bonchev–Trinajstić information content (AvgIpc) is 2.73. The van der Waals surface area contributed by atoms with E-state index in [1.54, 1.807) is 13.8 Å². The lowest BCUT2D eigenvalue weighted by molar-refractivity contribution is -0.384. The first-order valence-corrected chi connectivity index (χ1v) is 10.6. The smallest absolute Gasteiger partial charge is 0.293 e. The zero-order valence-electron chi connectivity index (χ0n) is 17.1. The van der Waals surface area contributed by atoms with Gasteiger partial charge in [-0.25, -0.2) is 8.42 Å². The molecule has 10 nitrogen and oxygen atoms in total. The molecule has 0 saturated carbocycles. The molecule has 0 fully saturated rings. The van der Waals surface area contributed by atoms with Crippen LogP contribution in [0, 0.1) is 10.1 Å². The number of nitro groups is 1. The van der Waals surface area contributed by atoms with Crippen molar-refractivity contribution in [3.63, 3.8) is 0 Å². The number of carbonyl (C=O) groups is 1. The molecular weight excluding hydrogens is 412 g/mol. The summed E-state index contributed by atoms with van der Waals surface area (Å²) in [6.45, 7) is 4.06. The first-order chi connectivity index (χ1) is 14.2. The maximum Gasteiger partial charge on any atom is 0.293 e. The molecule has 0 aromatic heterocycles. The fraction of sp³-hybridized carbons (Fsp3) is 0.316. The van der Waals surface area contributed by atoms with E-state index >= 15 is 0 Å². The zero-order valence-corrected chi connectivity index (χ0v) is 17.9. The molecule has 0 aliphatic rings. The van der Waals surface area contributed by atoms with Gasteiger partial charge in [0.1, 0.15) is 11.4 Å². The molecular formula is C19H24N4O6S. The summed E-state index contributed by atoms with van der Waals surface area (Å²) in [4.78, 5) is 23.3. The van der Waals surface area contributed by atoms with Gasteiger partial charge in [0.25, 0.3) is 11.6 Å². The van der Waals surface area contributed by atoms with Gasteiger partial charge in [-0.2, -0.15) is 4.31 Å². The molecule has 0 spiro atoms. The Bertz CT molecular complexity index is 1050. The van der Waals surface area contributed by atoms with E-state index in [1.165, 1.54) is 48.8 Å². The van der Waals surface area contributed by atoms with E-state index in [1.807, 2.05) is 0 Å². The fourth-order valence-corrected chi connectivity index (χ4v) is 4.37. The van der Waals surface area contributed by atoms with Gasteiger partial charge in [0.2, 0.25) is 10.0 Å². The van der Waals surface area contributed by atoms with E-state index in [0.29, 0.717) is 13.1 Å². The molecule has 2 N–H and O–H groups in total. The van der Waals surface area contributed by atoms with Gasteiger partial charge in [-0.15, -0.1) is 0 Å². The summed E-state index contributed by atoms with van der Waals surface area (Å²) < 4.78 is 32.1. The quantitative estimate of drug-likeness (QED) is 0.456. The lowest BCUT2D eigenvalue weighted by Gasteiger charge is -2.19. The number of hydrogen-bond acceptors (Lipinski definition) is 7. The van der Waals surface area contributed by atoms with E-state index in [9.17, 15) is 23.3 Å². The molecule has 0 saturated heterocycles. The summed E-state index contributed by atoms with van der Waals surface area (Å²) in [6, 6.07) is 8.14. The Morgan fingerprint density at radius 1 is 1.13 bits per heavy atom. The third-order valence-electron chi connectivity index (χ3n) is 4.49. The standard InChI is InChI=1S/C19H24N4O6S/c1-5-22(6-2)30(27,28)14-8-10-18(29-4)16(12-14)21-19(24)13-7-9-15(20-3)17(11-13)23(25)26/h7-12,20H,5-6H2,1-4H3,(H,21,24). The van der Waals surface area contributed by atoms with Crippen molar-refractivity contribution in [2.75, 3.05) is 37.9 Å². The molecule has 0 aliphatic carbocycles. The summed E-state index contributed by atoms with van der Waals surface area (Å²) in [5.41, 5.74) is 0.187. The maximum absolute atomic E-state index is 12.8. The monoisotopic (exact) mass is 436 g/mol. The molecule has 11 heteroatoms. The largest absolute Gasteiger partial charge is 0.495 e. The van der Waals surface area contributed by atoms with Crippen molar-refractivity contribution in [3.05, 3.63) is 52.1 Å². The number of nitro benzene ring substituents is 1. The fourth-order valence-electron chi connectivity index (χ4n) is 2.89. The second-order valence-corrected chi connectivity index (χ2v) is 8.08. The van der Waals surface area contributed by atoms with Gasteiger partial charge >= 0.3 is 0 Å². The third-order valence-corrected chi connectivity index (χ3v) is 6.53. The first kappa shape index (κ1) is 23.1. The Balaban J connectivity index is 2.44. The molecule has 30 heavy (non-hydrogen) atoms. The molecule has 0 unspecified atom stereocenters. The molecule has 0 radical (unpaired) electrons. The highest BCUT2D eigenvalue weighted by atomic mass is 32.2. The van der Waals surface area contributed by atoms with E-state index in [0.717, 1.165) is 6.07 Å². The van der Waals surface area contributed by atoms with Gasteiger partial charge in [-0.05, 0) is 30.3 Å². The Hall–Kier alpha value is -3.18. The second kappa shape index (κ2) is 9.55. The number of carbonyl (C=O) groups excluding carboxylic acids is 1. The molecule has 0 heterocycles. The summed E-state index contributed by atoms with van der Waals surface area (Å²) in [5.74, 6) is -0.389. The number of rotatable bonds is 9. The predicted octanol–water partition coefficient (Wildman–Crippen LogP) is 2.93. The zero-order chi connectivity index (χ0) is 22.5. The van der Waals surface area contributed by atoms with Crippen molar-refractivity contribution in [2.45, 2.75) is 18.7 Å². The van der Waals surface area contributed by atoms with Gasteiger partial charge < -0.3 is 15.4 Å². The summed E-state index contributed by atoms with van der Waals surface area (Å²) in [7, 11) is -0.826. The predicted molar refractivity (Wildman–Crippen MR) is 114 cm³/mol. The van der Waals surface area contributed by atoms with Crippen LogP contribution in [0.4, 0.5) is 17.1 Å². The second-order valence-electron chi connectivity index (χ2n) is 6.14. The molecule has 0 bridgehead atoms. The highest BCUT2D eigenvalue weighted by Crippen LogP contribution is 2.30. The Morgan fingerprint density at radius 2 is 1.80 bits per heavy atom. The van der Waals surface area contributed by atoms with Crippen molar-refractivity contribution in [1.29, 1.82) is 0 Å². The van der Waals surface area contributed by atoms with Crippen molar-refractivity contribution >= 4 is 33.0 Å². The van der Waals surface area contributed by atoms with Gasteiger partial charge in [0.15, 0.2) is 0 Å². The number of nitrogens with one attached hydrogen (secondary N) is 2. The maximum atomic E-state index is 12.8. The van der Waals surface area contributed by atoms with Crippen molar-refractivity contribution in [1.82, 2.24) is 4.31 Å². The minimum Gasteiger partial charge on any atom is -0.495 e. The average molecular weight is 436 g/mol. The van der Waals surface area contributed by atoms with E-state index in [-0.39, 0.29) is 33.3 Å². The van der Waals surface area contributed by atoms with Crippen molar-refractivity contribution in [2.24, 2.45) is 0 Å². The highest BCUT2D eigenvalue weighted by Gasteiger charge is 2.24. The Labute approximate surface area is 175 Å². The van der Waals surface area contributed by atoms with Crippen molar-refractivity contribution < 1.29 is 22.9 Å². The van der Waals surface area contributed by atoms with Crippen LogP contribution < -0.4 is 15.4 Å². The van der Waals surface area contributed by atoms with Crippen LogP contribution in [0.1, 0.15) is 24.2 Å². The molecule has 2 rings (SSSR count). The molecule has 0 aliphatic heterocycles. The Morgan fingerprint density at radius 3 is 2.33 bits per heavy atom. The minimum atomic E-state index is -3.75. The van der Waals surface area contributed by atoms with Crippen LogP contribution in [0.3, 0.4) is 0 Å². The number of ether oxygens (including phenoxy) is 1. The number of nitrogens with zero attached hydrogens (tertiary/aromatic N) is 2. The molecule has 2 aromatic rings. The molecule has 1 amide bonds. The lowest BCUT2D eigenvalue weighted by Crippen LogP contribution is -2.30. The van der Waals surface area contributed by atoms with E-state index in [4.69, 9.17) is 4.74 Å². The molecule has 2 aromatic carbocycles. The van der Waals surface area contributed by atoms with E-state index in [2.05, 4.69) is 10.6 Å². The third kappa shape index (κ3) is 4.69. The number of amides is 1. The van der Waals surface area contributed by atoms with Gasteiger partial charge in [-0.3, -0.25) is 14.9 Å². The number of sulfonamides is 1. The van der Waals surface area contributed by atoms with Crippen molar-refractivity contribution in [3.8, 4) is 5.75 Å². The van der Waals surface area contributed by atoms with Gasteiger partial charge in [0, 0.05) is 31.8 Å². The van der Waals surface area contributed by atoms with Gasteiger partial charge in [-0.1, -0.05) is 13.8 Å². The van der Waals surface area contributed by atoms with Crippen LogP contribution in [0.15, 0.2) is 41.3 Å². The van der Waals surface area contributed by atoms with Crippen LogP contribution in [-0.4, -0.2) is 50.8 Å². The number of methoxy groups -OCH3 is 1. The summed E-state index contributed by atoms with van der Waals surface area (Å²) >= 11 is 0. The van der Waals surface area contributed by atoms with E-state index < -0.39 is 20.9 Å². The highest BCUT2D eigenvalue weighted by molar-refractivity contribution is 7.89.